The van der Waals surface area contributed by atoms with Crippen LogP contribution in [0, 0.1) is 17.0 Å². The summed E-state index contributed by atoms with van der Waals surface area (Å²) in [6, 6.07) is 3.56. The first-order chi connectivity index (χ1) is 11.8. The molecule has 136 valence electrons. The number of rotatable bonds is 4. The molecule has 2 aliphatic heterocycles. The third-order valence-electron chi connectivity index (χ3n) is 4.92. The Morgan fingerprint density at radius 2 is 1.96 bits per heavy atom. The van der Waals surface area contributed by atoms with E-state index in [1.807, 2.05) is 0 Å². The number of nitro benzene ring substituents is 1. The van der Waals surface area contributed by atoms with E-state index < -0.39 is 26.7 Å². The smallest absolute Gasteiger partial charge is 0.273 e. The number of sulfone groups is 1. The lowest BCUT2D eigenvalue weighted by Crippen LogP contribution is -2.50. The van der Waals surface area contributed by atoms with Gasteiger partial charge in [0, 0.05) is 23.2 Å². The Hall–Kier alpha value is -2.00. The lowest BCUT2D eigenvalue weighted by atomic mass is 10.1. The Labute approximate surface area is 146 Å². The minimum absolute atomic E-state index is 0.0476. The monoisotopic (exact) mass is 367 g/mol. The van der Waals surface area contributed by atoms with Crippen LogP contribution in [-0.4, -0.2) is 60.8 Å². The number of nitro groups is 1. The maximum atomic E-state index is 12.5. The van der Waals surface area contributed by atoms with E-state index in [1.165, 1.54) is 18.2 Å². The molecule has 8 nitrogen and oxygen atoms in total. The molecule has 0 spiro atoms. The molecule has 2 saturated heterocycles. The number of nitrogens with zero attached hydrogens (tertiary/aromatic N) is 2. The fourth-order valence-corrected chi connectivity index (χ4v) is 5.55. The Morgan fingerprint density at radius 3 is 2.60 bits per heavy atom. The van der Waals surface area contributed by atoms with Crippen LogP contribution in [0.2, 0.25) is 0 Å². The highest BCUT2D eigenvalue weighted by molar-refractivity contribution is 7.91. The molecule has 2 heterocycles. The third kappa shape index (κ3) is 3.82. The molecule has 2 aliphatic rings. The number of nitrogens with one attached hydrogen (secondary N) is 1. The van der Waals surface area contributed by atoms with Crippen molar-refractivity contribution in [3.05, 3.63) is 39.4 Å². The van der Waals surface area contributed by atoms with Gasteiger partial charge in [0.15, 0.2) is 9.84 Å². The van der Waals surface area contributed by atoms with E-state index in [4.69, 9.17) is 0 Å². The third-order valence-corrected chi connectivity index (χ3v) is 6.63. The van der Waals surface area contributed by atoms with E-state index in [9.17, 15) is 23.3 Å². The normalized spacial score (nSPS) is 25.8. The van der Waals surface area contributed by atoms with Crippen molar-refractivity contribution < 1.29 is 18.1 Å². The zero-order valence-electron chi connectivity index (χ0n) is 14.0. The maximum absolute atomic E-state index is 12.5. The second kappa shape index (κ2) is 6.72. The fraction of sp³-hybridized carbons (Fsp3) is 0.562. The van der Waals surface area contributed by atoms with Gasteiger partial charge in [-0.15, -0.1) is 0 Å². The molecule has 9 heteroatoms. The summed E-state index contributed by atoms with van der Waals surface area (Å²) in [5, 5.41) is 13.8. The molecule has 0 aliphatic carbocycles. The van der Waals surface area contributed by atoms with E-state index in [2.05, 4.69) is 10.2 Å². The highest BCUT2D eigenvalue weighted by Crippen LogP contribution is 2.24. The summed E-state index contributed by atoms with van der Waals surface area (Å²) < 4.78 is 24.1. The summed E-state index contributed by atoms with van der Waals surface area (Å²) >= 11 is 0. The van der Waals surface area contributed by atoms with Gasteiger partial charge in [0.1, 0.15) is 0 Å². The quantitative estimate of drug-likeness (QED) is 0.625. The molecule has 2 atom stereocenters. The van der Waals surface area contributed by atoms with Crippen LogP contribution in [0.25, 0.3) is 0 Å². The number of carbonyl (C=O) groups excluding carboxylic acids is 1. The van der Waals surface area contributed by atoms with Crippen LogP contribution in [0.5, 0.6) is 0 Å². The van der Waals surface area contributed by atoms with Gasteiger partial charge in [-0.3, -0.25) is 19.8 Å². The number of aryl methyl sites for hydroxylation is 1. The Bertz CT molecular complexity index is 802. The van der Waals surface area contributed by atoms with Gasteiger partial charge < -0.3 is 5.32 Å². The van der Waals surface area contributed by atoms with Crippen molar-refractivity contribution >= 4 is 21.4 Å². The molecule has 3 rings (SSSR count). The summed E-state index contributed by atoms with van der Waals surface area (Å²) in [5.41, 5.74) is 0.518. The van der Waals surface area contributed by atoms with Crippen molar-refractivity contribution in [1.82, 2.24) is 10.2 Å². The minimum atomic E-state index is -3.20. The average Bonchev–Trinajstić information content (AvgIpc) is 3.14. The molecule has 2 unspecified atom stereocenters. The molecule has 1 aromatic carbocycles. The van der Waals surface area contributed by atoms with Gasteiger partial charge in [0.05, 0.1) is 22.5 Å². The number of hydrogen-bond donors (Lipinski definition) is 1. The molecule has 0 aromatic heterocycles. The second-order valence-corrected chi connectivity index (χ2v) is 8.88. The summed E-state index contributed by atoms with van der Waals surface area (Å²) in [5.74, 6) is -0.519. The Balaban J connectivity index is 1.79. The van der Waals surface area contributed by atoms with Gasteiger partial charge in [-0.1, -0.05) is 6.07 Å². The molecular formula is C16H21N3O5S. The van der Waals surface area contributed by atoms with Gasteiger partial charge in [0.2, 0.25) is 0 Å². The molecular weight excluding hydrogens is 346 g/mol. The Kier molecular flexibility index (Phi) is 4.79. The molecule has 1 aromatic rings. The summed E-state index contributed by atoms with van der Waals surface area (Å²) in [4.78, 5) is 25.1. The largest absolute Gasteiger partial charge is 0.347 e. The molecule has 1 N–H and O–H groups in total. The van der Waals surface area contributed by atoms with E-state index in [0.29, 0.717) is 5.56 Å². The number of benzene rings is 1. The average molecular weight is 367 g/mol. The zero-order valence-corrected chi connectivity index (χ0v) is 14.8. The van der Waals surface area contributed by atoms with E-state index in [0.717, 1.165) is 25.9 Å². The lowest BCUT2D eigenvalue weighted by Gasteiger charge is -2.28. The number of amides is 1. The molecule has 0 saturated carbocycles. The number of carbonyl (C=O) groups is 1. The van der Waals surface area contributed by atoms with Crippen molar-refractivity contribution in [3.8, 4) is 0 Å². The second-order valence-electron chi connectivity index (χ2n) is 6.73. The SMILES string of the molecule is Cc1ccc(C(=O)NC2CS(=O)(=O)CC2N2CCCC2)cc1[N+](=O)[O-]. The topological polar surface area (TPSA) is 110 Å². The highest BCUT2D eigenvalue weighted by atomic mass is 32.2. The molecule has 1 amide bonds. The van der Waals surface area contributed by atoms with E-state index in [-0.39, 0.29) is 28.8 Å². The van der Waals surface area contributed by atoms with Crippen molar-refractivity contribution in [1.29, 1.82) is 0 Å². The van der Waals surface area contributed by atoms with Gasteiger partial charge in [-0.2, -0.15) is 0 Å². The number of hydrogen-bond acceptors (Lipinski definition) is 6. The van der Waals surface area contributed by atoms with Gasteiger partial charge in [0.25, 0.3) is 11.6 Å². The minimum Gasteiger partial charge on any atom is -0.347 e. The molecule has 0 radical (unpaired) electrons. The van der Waals surface area contributed by atoms with Crippen LogP contribution in [0.3, 0.4) is 0 Å². The zero-order chi connectivity index (χ0) is 18.2. The molecule has 25 heavy (non-hydrogen) atoms. The summed E-state index contributed by atoms with van der Waals surface area (Å²) in [6.07, 6.45) is 2.06. The molecule has 2 fully saturated rings. The predicted octanol–water partition coefficient (Wildman–Crippen LogP) is 0.894. The fourth-order valence-electron chi connectivity index (χ4n) is 3.60. The maximum Gasteiger partial charge on any atom is 0.273 e. The number of likely N-dealkylation sites (tertiary alicyclic amines) is 1. The summed E-state index contributed by atoms with van der Waals surface area (Å²) in [7, 11) is -3.20. The Morgan fingerprint density at radius 1 is 1.28 bits per heavy atom. The van der Waals surface area contributed by atoms with Crippen LogP contribution < -0.4 is 5.32 Å². The molecule has 0 bridgehead atoms. The van der Waals surface area contributed by atoms with Crippen molar-refractivity contribution in [2.45, 2.75) is 31.8 Å². The van der Waals surface area contributed by atoms with Gasteiger partial charge >= 0.3 is 0 Å². The van der Waals surface area contributed by atoms with E-state index in [1.54, 1.807) is 6.92 Å². The van der Waals surface area contributed by atoms with Crippen molar-refractivity contribution in [3.63, 3.8) is 0 Å². The predicted molar refractivity (Wildman–Crippen MR) is 92.3 cm³/mol. The van der Waals surface area contributed by atoms with Crippen molar-refractivity contribution in [2.24, 2.45) is 0 Å². The van der Waals surface area contributed by atoms with Crippen LogP contribution in [0.4, 0.5) is 5.69 Å². The van der Waals surface area contributed by atoms with Gasteiger partial charge in [-0.05, 0) is 38.9 Å². The first-order valence-corrected chi connectivity index (χ1v) is 10.1. The van der Waals surface area contributed by atoms with Crippen molar-refractivity contribution in [2.75, 3.05) is 24.6 Å². The first-order valence-electron chi connectivity index (χ1n) is 8.27. The van der Waals surface area contributed by atoms with Crippen LogP contribution in [0.1, 0.15) is 28.8 Å². The van der Waals surface area contributed by atoms with Crippen LogP contribution >= 0.6 is 0 Å². The summed E-state index contributed by atoms with van der Waals surface area (Å²) in [6.45, 7) is 3.28. The van der Waals surface area contributed by atoms with Gasteiger partial charge in [-0.25, -0.2) is 8.42 Å². The first kappa shape index (κ1) is 17.8. The highest BCUT2D eigenvalue weighted by Gasteiger charge is 2.42. The lowest BCUT2D eigenvalue weighted by molar-refractivity contribution is -0.385. The standard InChI is InChI=1S/C16H21N3O5S/c1-11-4-5-12(8-14(11)19(21)22)16(20)17-13-9-25(23,24)10-15(13)18-6-2-3-7-18/h4-5,8,13,15H,2-3,6-7,9-10H2,1H3,(H,17,20). The van der Waals surface area contributed by atoms with E-state index >= 15 is 0 Å². The van der Waals surface area contributed by atoms with Crippen LogP contribution in [0.15, 0.2) is 18.2 Å². The van der Waals surface area contributed by atoms with Crippen LogP contribution in [-0.2, 0) is 9.84 Å².